The number of nitrogens with zero attached hydrogens (tertiary/aromatic N) is 1. The molecule has 1 N–H and O–H groups in total. The fraction of sp³-hybridized carbons (Fsp3) is 0.278. The highest BCUT2D eigenvalue weighted by Crippen LogP contribution is 2.27. The number of amides is 1. The van der Waals surface area contributed by atoms with E-state index >= 15 is 0 Å². The maximum absolute atomic E-state index is 12.3. The fourth-order valence-corrected chi connectivity index (χ4v) is 2.47. The van der Waals surface area contributed by atoms with Crippen molar-refractivity contribution in [1.29, 1.82) is 0 Å². The number of rotatable bonds is 6. The van der Waals surface area contributed by atoms with Crippen molar-refractivity contribution in [2.24, 2.45) is 0 Å². The van der Waals surface area contributed by atoms with Crippen LogP contribution in [0.5, 0.6) is 0 Å². The van der Waals surface area contributed by atoms with E-state index in [1.807, 2.05) is 24.3 Å². The summed E-state index contributed by atoms with van der Waals surface area (Å²) in [6.45, 7) is 4.20. The van der Waals surface area contributed by atoms with Gasteiger partial charge < -0.3 is 5.32 Å². The molecule has 0 aromatic heterocycles. The van der Waals surface area contributed by atoms with Gasteiger partial charge in [0.05, 0.1) is 11.3 Å². The van der Waals surface area contributed by atoms with E-state index in [-0.39, 0.29) is 18.0 Å². The lowest BCUT2D eigenvalue weighted by molar-refractivity contribution is -0.385. The molecule has 2 aromatic carbocycles. The molecule has 0 fully saturated rings. The van der Waals surface area contributed by atoms with Crippen molar-refractivity contribution in [3.05, 3.63) is 69.8 Å². The molecule has 0 aliphatic carbocycles. The molecule has 0 saturated heterocycles. The Morgan fingerprint density at radius 3 is 2.52 bits per heavy atom. The molecular formula is C18H20N2O3. The van der Waals surface area contributed by atoms with E-state index in [2.05, 4.69) is 19.2 Å². The molecule has 5 heteroatoms. The summed E-state index contributed by atoms with van der Waals surface area (Å²) < 4.78 is 0. The van der Waals surface area contributed by atoms with E-state index in [4.69, 9.17) is 0 Å². The SMILES string of the molecule is CC[C@H](C)c1ccccc1NC(=O)Cc1ccccc1[N+](=O)[O-]. The number of anilines is 1. The number of para-hydroxylation sites is 2. The van der Waals surface area contributed by atoms with Crippen LogP contribution in [0, 0.1) is 10.1 Å². The van der Waals surface area contributed by atoms with Gasteiger partial charge in [-0.2, -0.15) is 0 Å². The molecular weight excluding hydrogens is 292 g/mol. The van der Waals surface area contributed by atoms with Gasteiger partial charge in [-0.1, -0.05) is 50.2 Å². The molecule has 2 rings (SSSR count). The van der Waals surface area contributed by atoms with Crippen molar-refractivity contribution in [3.63, 3.8) is 0 Å². The number of nitro benzene ring substituents is 1. The molecule has 1 atom stereocenters. The van der Waals surface area contributed by atoms with Crippen molar-refractivity contribution >= 4 is 17.3 Å². The van der Waals surface area contributed by atoms with Crippen LogP contribution in [-0.2, 0) is 11.2 Å². The summed E-state index contributed by atoms with van der Waals surface area (Å²) in [5.41, 5.74) is 2.23. The Balaban J connectivity index is 2.17. The average Bonchev–Trinajstić information content (AvgIpc) is 2.55. The van der Waals surface area contributed by atoms with E-state index in [0.717, 1.165) is 17.7 Å². The van der Waals surface area contributed by atoms with Gasteiger partial charge in [-0.25, -0.2) is 0 Å². The van der Waals surface area contributed by atoms with Crippen LogP contribution in [0.25, 0.3) is 0 Å². The Morgan fingerprint density at radius 1 is 1.17 bits per heavy atom. The summed E-state index contributed by atoms with van der Waals surface area (Å²) in [6.07, 6.45) is 0.947. The van der Waals surface area contributed by atoms with Crippen LogP contribution in [0.1, 0.15) is 37.3 Å². The number of hydrogen-bond donors (Lipinski definition) is 1. The molecule has 0 spiro atoms. The fourth-order valence-electron chi connectivity index (χ4n) is 2.47. The topological polar surface area (TPSA) is 72.2 Å². The minimum Gasteiger partial charge on any atom is -0.326 e. The van der Waals surface area contributed by atoms with Gasteiger partial charge in [-0.15, -0.1) is 0 Å². The molecule has 0 radical (unpaired) electrons. The third-order valence-corrected chi connectivity index (χ3v) is 3.92. The van der Waals surface area contributed by atoms with Crippen molar-refractivity contribution < 1.29 is 9.72 Å². The van der Waals surface area contributed by atoms with E-state index in [0.29, 0.717) is 11.5 Å². The number of carbonyl (C=O) groups excluding carboxylic acids is 1. The standard InChI is InChI=1S/C18H20N2O3/c1-3-13(2)15-9-5-6-10-16(15)19-18(21)12-14-8-4-7-11-17(14)20(22)23/h4-11,13H,3,12H2,1-2H3,(H,19,21)/t13-/m0/s1. The largest absolute Gasteiger partial charge is 0.326 e. The minimum atomic E-state index is -0.463. The van der Waals surface area contributed by atoms with Crippen LogP contribution in [0.15, 0.2) is 48.5 Å². The van der Waals surface area contributed by atoms with Gasteiger partial charge in [0.25, 0.3) is 5.69 Å². The molecule has 0 bridgehead atoms. The number of carbonyl (C=O) groups is 1. The Morgan fingerprint density at radius 2 is 1.83 bits per heavy atom. The highest BCUT2D eigenvalue weighted by molar-refractivity contribution is 5.93. The first-order valence-electron chi connectivity index (χ1n) is 7.64. The van der Waals surface area contributed by atoms with Crippen LogP contribution in [0.2, 0.25) is 0 Å². The molecule has 0 heterocycles. The molecule has 23 heavy (non-hydrogen) atoms. The van der Waals surface area contributed by atoms with Crippen LogP contribution in [0.4, 0.5) is 11.4 Å². The summed E-state index contributed by atoms with van der Waals surface area (Å²) in [5.74, 6) is 0.0765. The molecule has 120 valence electrons. The molecule has 0 unspecified atom stereocenters. The lowest BCUT2D eigenvalue weighted by Gasteiger charge is -2.15. The van der Waals surface area contributed by atoms with Gasteiger partial charge in [-0.3, -0.25) is 14.9 Å². The van der Waals surface area contributed by atoms with Gasteiger partial charge in [0.1, 0.15) is 0 Å². The lowest BCUT2D eigenvalue weighted by atomic mass is 9.97. The Hall–Kier alpha value is -2.69. The third kappa shape index (κ3) is 4.16. The number of nitro groups is 1. The second kappa shape index (κ2) is 7.54. The van der Waals surface area contributed by atoms with Crippen molar-refractivity contribution in [3.8, 4) is 0 Å². The number of hydrogen-bond acceptors (Lipinski definition) is 3. The maximum atomic E-state index is 12.3. The summed E-state index contributed by atoms with van der Waals surface area (Å²) >= 11 is 0. The van der Waals surface area contributed by atoms with Crippen LogP contribution in [-0.4, -0.2) is 10.8 Å². The highest BCUT2D eigenvalue weighted by Gasteiger charge is 2.17. The average molecular weight is 312 g/mol. The zero-order valence-electron chi connectivity index (χ0n) is 13.3. The van der Waals surface area contributed by atoms with E-state index < -0.39 is 4.92 Å². The highest BCUT2D eigenvalue weighted by atomic mass is 16.6. The van der Waals surface area contributed by atoms with Gasteiger partial charge >= 0.3 is 0 Å². The van der Waals surface area contributed by atoms with Gasteiger partial charge in [0, 0.05) is 17.3 Å². The van der Waals surface area contributed by atoms with Crippen LogP contribution < -0.4 is 5.32 Å². The molecule has 1 amide bonds. The first kappa shape index (κ1) is 16.7. The lowest BCUT2D eigenvalue weighted by Crippen LogP contribution is -2.16. The second-order valence-corrected chi connectivity index (χ2v) is 5.51. The molecule has 5 nitrogen and oxygen atoms in total. The molecule has 0 aliphatic rings. The van der Waals surface area contributed by atoms with Crippen LogP contribution in [0.3, 0.4) is 0 Å². The molecule has 2 aromatic rings. The van der Waals surface area contributed by atoms with E-state index in [1.165, 1.54) is 6.07 Å². The van der Waals surface area contributed by atoms with E-state index in [9.17, 15) is 14.9 Å². The monoisotopic (exact) mass is 312 g/mol. The van der Waals surface area contributed by atoms with Crippen molar-refractivity contribution in [1.82, 2.24) is 0 Å². The summed E-state index contributed by atoms with van der Waals surface area (Å²) in [7, 11) is 0. The minimum absolute atomic E-state index is 0.0218. The first-order chi connectivity index (χ1) is 11.0. The van der Waals surface area contributed by atoms with Crippen molar-refractivity contribution in [2.45, 2.75) is 32.6 Å². The Labute approximate surface area is 135 Å². The number of benzene rings is 2. The number of nitrogens with one attached hydrogen (secondary N) is 1. The summed E-state index contributed by atoms with van der Waals surface area (Å²) in [5, 5.41) is 13.9. The van der Waals surface area contributed by atoms with Crippen molar-refractivity contribution in [2.75, 3.05) is 5.32 Å². The quantitative estimate of drug-likeness (QED) is 0.639. The Kier molecular flexibility index (Phi) is 5.46. The summed E-state index contributed by atoms with van der Waals surface area (Å²) in [6, 6.07) is 14.0. The molecule has 0 aliphatic heterocycles. The summed E-state index contributed by atoms with van der Waals surface area (Å²) in [4.78, 5) is 22.8. The molecule has 0 saturated carbocycles. The smallest absolute Gasteiger partial charge is 0.273 e. The van der Waals surface area contributed by atoms with Crippen LogP contribution >= 0.6 is 0 Å². The normalized spacial score (nSPS) is 11.7. The van der Waals surface area contributed by atoms with Gasteiger partial charge in [-0.05, 0) is 24.0 Å². The predicted molar refractivity (Wildman–Crippen MR) is 90.6 cm³/mol. The second-order valence-electron chi connectivity index (χ2n) is 5.51. The Bertz CT molecular complexity index is 713. The zero-order valence-corrected chi connectivity index (χ0v) is 13.3. The van der Waals surface area contributed by atoms with Gasteiger partial charge in [0.2, 0.25) is 5.91 Å². The zero-order chi connectivity index (χ0) is 16.8. The third-order valence-electron chi connectivity index (χ3n) is 3.92. The van der Waals surface area contributed by atoms with Gasteiger partial charge in [0.15, 0.2) is 0 Å². The first-order valence-corrected chi connectivity index (χ1v) is 7.64. The maximum Gasteiger partial charge on any atom is 0.273 e. The van der Waals surface area contributed by atoms with E-state index in [1.54, 1.807) is 18.2 Å². The predicted octanol–water partition coefficient (Wildman–Crippen LogP) is 4.29.